The van der Waals surface area contributed by atoms with Gasteiger partial charge in [0.2, 0.25) is 0 Å². The van der Waals surface area contributed by atoms with E-state index in [1.54, 1.807) is 19.2 Å². The van der Waals surface area contributed by atoms with Gasteiger partial charge in [0.05, 0.1) is 23.5 Å². The molecular weight excluding hydrogens is 368 g/mol. The van der Waals surface area contributed by atoms with Gasteiger partial charge in [-0.05, 0) is 37.9 Å². The lowest BCUT2D eigenvalue weighted by atomic mass is 10.3. The third kappa shape index (κ3) is 2.70. The number of carbonyl (C=O) groups excluding carboxylic acids is 1. The Kier molecular flexibility index (Phi) is 3.97. The molecule has 1 aromatic carbocycles. The fraction of sp³-hybridized carbons (Fsp3) is 0.100. The van der Waals surface area contributed by atoms with Crippen LogP contribution in [0.15, 0.2) is 27.3 Å². The fourth-order valence-corrected chi connectivity index (χ4v) is 2.53. The summed E-state index contributed by atoms with van der Waals surface area (Å²) in [6.07, 6.45) is 1.35. The zero-order valence-electron chi connectivity index (χ0n) is 9.20. The normalized spacial score (nSPS) is 10.2. The first-order valence-electron chi connectivity index (χ1n) is 4.82. The monoisotopic (exact) mass is 374 g/mol. The minimum absolute atomic E-state index is 0.212. The predicted molar refractivity (Wildman–Crippen MR) is 72.7 cm³/mol. The number of methoxy groups -OCH3 is 1. The summed E-state index contributed by atoms with van der Waals surface area (Å²) in [6, 6.07) is 3.49. The van der Waals surface area contributed by atoms with Crippen LogP contribution in [0.3, 0.4) is 0 Å². The molecule has 2 aromatic rings. The number of benzene rings is 1. The minimum Gasteiger partial charge on any atom is -0.495 e. The van der Waals surface area contributed by atoms with Crippen LogP contribution in [0.1, 0.15) is 10.5 Å². The highest BCUT2D eigenvalue weighted by atomic mass is 79.9. The van der Waals surface area contributed by atoms with Crippen LogP contribution in [-0.4, -0.2) is 28.4 Å². The third-order valence-electron chi connectivity index (χ3n) is 2.14. The molecule has 2 rings (SSSR count). The highest BCUT2D eigenvalue weighted by Gasteiger charge is 2.13. The summed E-state index contributed by atoms with van der Waals surface area (Å²) in [5.74, 6) is 0.266. The summed E-state index contributed by atoms with van der Waals surface area (Å²) in [6.45, 7) is 0. The summed E-state index contributed by atoms with van der Waals surface area (Å²) in [4.78, 5) is 11.8. The number of aromatic nitrogens is 3. The summed E-state index contributed by atoms with van der Waals surface area (Å²) < 4.78 is 6.68. The molecule has 1 amide bonds. The number of ether oxygens (including phenoxy) is 1. The lowest BCUT2D eigenvalue weighted by Crippen LogP contribution is -2.13. The van der Waals surface area contributed by atoms with E-state index >= 15 is 0 Å². The number of H-pyrrole nitrogens is 1. The molecule has 0 aliphatic carbocycles. The maximum Gasteiger partial charge on any atom is 0.277 e. The van der Waals surface area contributed by atoms with Crippen molar-refractivity contribution >= 4 is 43.5 Å². The van der Waals surface area contributed by atoms with Crippen LogP contribution >= 0.6 is 31.9 Å². The van der Waals surface area contributed by atoms with Crippen molar-refractivity contribution in [2.24, 2.45) is 0 Å². The molecule has 0 saturated heterocycles. The maximum absolute atomic E-state index is 11.8. The molecular formula is C10H8Br2N4O2. The molecule has 0 aliphatic rings. The van der Waals surface area contributed by atoms with E-state index in [0.717, 1.165) is 8.95 Å². The first-order chi connectivity index (χ1) is 8.61. The molecule has 0 atom stereocenters. The second kappa shape index (κ2) is 5.49. The molecule has 0 saturated carbocycles. The Labute approximate surface area is 119 Å². The molecule has 0 unspecified atom stereocenters. The van der Waals surface area contributed by atoms with Gasteiger partial charge in [0, 0.05) is 10.5 Å². The summed E-state index contributed by atoms with van der Waals surface area (Å²) >= 11 is 6.71. The quantitative estimate of drug-likeness (QED) is 0.864. The second-order valence-electron chi connectivity index (χ2n) is 3.28. The molecule has 1 heterocycles. The van der Waals surface area contributed by atoms with E-state index in [2.05, 4.69) is 52.6 Å². The van der Waals surface area contributed by atoms with Gasteiger partial charge in [-0.3, -0.25) is 4.79 Å². The number of hydrogen-bond acceptors (Lipinski definition) is 4. The summed E-state index contributed by atoms with van der Waals surface area (Å²) in [5.41, 5.74) is 0.798. The van der Waals surface area contributed by atoms with Crippen LogP contribution in [0.25, 0.3) is 0 Å². The Balaban J connectivity index is 2.26. The average molecular weight is 376 g/mol. The van der Waals surface area contributed by atoms with Crippen LogP contribution in [0.5, 0.6) is 5.75 Å². The maximum atomic E-state index is 11.8. The molecule has 0 fully saturated rings. The van der Waals surface area contributed by atoms with Crippen LogP contribution in [-0.2, 0) is 0 Å². The van der Waals surface area contributed by atoms with Crippen molar-refractivity contribution in [1.82, 2.24) is 15.4 Å². The smallest absolute Gasteiger partial charge is 0.277 e. The highest BCUT2D eigenvalue weighted by Crippen LogP contribution is 2.34. The molecule has 0 radical (unpaired) electrons. The molecule has 0 aliphatic heterocycles. The second-order valence-corrected chi connectivity index (χ2v) is 4.98. The van der Waals surface area contributed by atoms with Crippen molar-refractivity contribution in [2.45, 2.75) is 0 Å². The predicted octanol–water partition coefficient (Wildman–Crippen LogP) is 2.59. The number of amides is 1. The standard InChI is InChI=1S/C10H8Br2N4O2/c1-18-9-3-7(5(11)2-6(9)12)14-10(17)8-4-13-16-15-8/h2-4H,1H3,(H,14,17)(H,13,15,16). The molecule has 94 valence electrons. The van der Waals surface area contributed by atoms with Gasteiger partial charge in [-0.25, -0.2) is 0 Å². The van der Waals surface area contributed by atoms with Crippen molar-refractivity contribution in [3.63, 3.8) is 0 Å². The number of hydrogen-bond donors (Lipinski definition) is 2. The van der Waals surface area contributed by atoms with E-state index in [1.165, 1.54) is 6.20 Å². The number of aromatic amines is 1. The van der Waals surface area contributed by atoms with E-state index in [4.69, 9.17) is 4.74 Å². The van der Waals surface area contributed by atoms with E-state index < -0.39 is 0 Å². The average Bonchev–Trinajstić information content (AvgIpc) is 2.86. The molecule has 0 bridgehead atoms. The van der Waals surface area contributed by atoms with Crippen molar-refractivity contribution in [3.8, 4) is 5.75 Å². The molecule has 0 spiro atoms. The molecule has 18 heavy (non-hydrogen) atoms. The number of anilines is 1. The highest BCUT2D eigenvalue weighted by molar-refractivity contribution is 9.11. The Morgan fingerprint density at radius 2 is 2.17 bits per heavy atom. The minimum atomic E-state index is -0.353. The van der Waals surface area contributed by atoms with Crippen molar-refractivity contribution in [1.29, 1.82) is 0 Å². The zero-order valence-corrected chi connectivity index (χ0v) is 12.4. The Morgan fingerprint density at radius 3 is 2.78 bits per heavy atom. The van der Waals surface area contributed by atoms with Crippen LogP contribution in [0.4, 0.5) is 5.69 Å². The van der Waals surface area contributed by atoms with Crippen molar-refractivity contribution < 1.29 is 9.53 Å². The largest absolute Gasteiger partial charge is 0.495 e. The van der Waals surface area contributed by atoms with Gasteiger partial charge < -0.3 is 10.1 Å². The van der Waals surface area contributed by atoms with Crippen molar-refractivity contribution in [3.05, 3.63) is 33.0 Å². The van der Waals surface area contributed by atoms with Crippen LogP contribution in [0.2, 0.25) is 0 Å². The van der Waals surface area contributed by atoms with Gasteiger partial charge in [0.25, 0.3) is 5.91 Å². The first-order valence-corrected chi connectivity index (χ1v) is 6.40. The molecule has 8 heteroatoms. The Bertz CT molecular complexity index is 572. The van der Waals surface area contributed by atoms with Crippen LogP contribution in [0, 0.1) is 0 Å². The molecule has 6 nitrogen and oxygen atoms in total. The third-order valence-corrected chi connectivity index (χ3v) is 3.41. The summed E-state index contributed by atoms with van der Waals surface area (Å²) in [5, 5.41) is 12.4. The molecule has 2 N–H and O–H groups in total. The SMILES string of the molecule is COc1cc(NC(=O)c2cn[nH]n2)c(Br)cc1Br. The summed E-state index contributed by atoms with van der Waals surface area (Å²) in [7, 11) is 1.55. The fourth-order valence-electron chi connectivity index (χ4n) is 1.28. The van der Waals surface area contributed by atoms with Gasteiger partial charge in [0.1, 0.15) is 5.75 Å². The Hall–Kier alpha value is -1.41. The van der Waals surface area contributed by atoms with E-state index in [-0.39, 0.29) is 11.6 Å². The zero-order chi connectivity index (χ0) is 13.1. The lowest BCUT2D eigenvalue weighted by Gasteiger charge is -2.10. The van der Waals surface area contributed by atoms with Gasteiger partial charge in [-0.15, -0.1) is 0 Å². The van der Waals surface area contributed by atoms with Crippen LogP contribution < -0.4 is 10.1 Å². The molecule has 1 aromatic heterocycles. The van der Waals surface area contributed by atoms with E-state index in [9.17, 15) is 4.79 Å². The number of nitrogens with one attached hydrogen (secondary N) is 2. The number of nitrogens with zero attached hydrogens (tertiary/aromatic N) is 2. The van der Waals surface area contributed by atoms with Gasteiger partial charge in [-0.1, -0.05) is 0 Å². The van der Waals surface area contributed by atoms with E-state index in [0.29, 0.717) is 11.4 Å². The number of rotatable bonds is 3. The van der Waals surface area contributed by atoms with Gasteiger partial charge in [0.15, 0.2) is 5.69 Å². The number of halogens is 2. The van der Waals surface area contributed by atoms with Gasteiger partial charge in [-0.2, -0.15) is 15.4 Å². The van der Waals surface area contributed by atoms with Crippen molar-refractivity contribution in [2.75, 3.05) is 12.4 Å². The topological polar surface area (TPSA) is 79.9 Å². The van der Waals surface area contributed by atoms with E-state index in [1.807, 2.05) is 0 Å². The number of carbonyl (C=O) groups is 1. The lowest BCUT2D eigenvalue weighted by molar-refractivity contribution is 0.102. The van der Waals surface area contributed by atoms with Gasteiger partial charge >= 0.3 is 0 Å². The first kappa shape index (κ1) is 13.0. The Morgan fingerprint density at radius 1 is 1.39 bits per heavy atom.